The van der Waals surface area contributed by atoms with Crippen LogP contribution >= 0.6 is 11.8 Å². The molecule has 1 heterocycles. The van der Waals surface area contributed by atoms with Crippen LogP contribution < -0.4 is 20.7 Å². The smallest absolute Gasteiger partial charge is 0.223 e. The molecule has 3 rings (SSSR count). The molecule has 29 heavy (non-hydrogen) atoms. The van der Waals surface area contributed by atoms with Gasteiger partial charge in [0.25, 0.3) is 0 Å². The predicted octanol–water partition coefficient (Wildman–Crippen LogP) is 2.54. The van der Waals surface area contributed by atoms with Crippen LogP contribution in [0.4, 0.5) is 4.39 Å². The van der Waals surface area contributed by atoms with Crippen LogP contribution in [0.25, 0.3) is 0 Å². The number of benzene rings is 2. The highest BCUT2D eigenvalue weighted by Crippen LogP contribution is 2.20. The molecule has 1 aliphatic heterocycles. The van der Waals surface area contributed by atoms with Gasteiger partial charge in [0.05, 0.1) is 7.11 Å². The van der Waals surface area contributed by atoms with Gasteiger partial charge >= 0.3 is 0 Å². The minimum atomic E-state index is -0.368. The lowest BCUT2D eigenvalue weighted by Gasteiger charge is -2.31. The van der Waals surface area contributed by atoms with E-state index in [1.807, 2.05) is 24.3 Å². The zero-order valence-electron chi connectivity index (χ0n) is 16.1. The van der Waals surface area contributed by atoms with Gasteiger partial charge in [-0.2, -0.15) is 0 Å². The summed E-state index contributed by atoms with van der Waals surface area (Å²) >= 11 is 1.38. The Kier molecular flexibility index (Phi) is 7.48. The predicted molar refractivity (Wildman–Crippen MR) is 111 cm³/mol. The van der Waals surface area contributed by atoms with Crippen LogP contribution in [0.1, 0.15) is 24.0 Å². The normalized spacial score (nSPS) is 18.8. The Hall–Kier alpha value is -2.58. The highest BCUT2D eigenvalue weighted by atomic mass is 32.2. The molecule has 8 heteroatoms. The number of hydrogen-bond donors (Lipinski definition) is 3. The summed E-state index contributed by atoms with van der Waals surface area (Å²) in [6, 6.07) is 13.8. The summed E-state index contributed by atoms with van der Waals surface area (Å²) in [5, 5.41) is 8.94. The van der Waals surface area contributed by atoms with Crippen molar-refractivity contribution in [3.8, 4) is 5.75 Å². The monoisotopic (exact) mass is 417 g/mol. The van der Waals surface area contributed by atoms with E-state index in [1.54, 1.807) is 25.3 Å². The van der Waals surface area contributed by atoms with Crippen LogP contribution in [0.3, 0.4) is 0 Å². The molecule has 0 saturated carbocycles. The van der Waals surface area contributed by atoms with Crippen molar-refractivity contribution in [2.75, 3.05) is 7.11 Å². The fraction of sp³-hybridized carbons (Fsp3) is 0.333. The van der Waals surface area contributed by atoms with E-state index in [4.69, 9.17) is 4.74 Å². The Morgan fingerprint density at radius 2 is 2.10 bits per heavy atom. The van der Waals surface area contributed by atoms with E-state index in [1.165, 1.54) is 17.8 Å². The number of hydrogen-bond acceptors (Lipinski definition) is 5. The number of ether oxygens (including phenoxy) is 1. The van der Waals surface area contributed by atoms with Crippen LogP contribution in [0.15, 0.2) is 48.5 Å². The summed E-state index contributed by atoms with van der Waals surface area (Å²) < 4.78 is 18.9. The lowest BCUT2D eigenvalue weighted by atomic mass is 10.1. The number of nitrogens with one attached hydrogen (secondary N) is 3. The van der Waals surface area contributed by atoms with Gasteiger partial charge in [0, 0.05) is 31.2 Å². The zero-order valence-corrected chi connectivity index (χ0v) is 16.9. The van der Waals surface area contributed by atoms with Gasteiger partial charge in [0.1, 0.15) is 17.1 Å². The van der Waals surface area contributed by atoms with Crippen LogP contribution in [-0.2, 0) is 21.9 Å². The molecule has 0 bridgehead atoms. The topological polar surface area (TPSA) is 79.5 Å². The second kappa shape index (κ2) is 10.3. The van der Waals surface area contributed by atoms with E-state index in [0.717, 1.165) is 11.3 Å². The maximum atomic E-state index is 13.8. The minimum Gasteiger partial charge on any atom is -0.497 e. The van der Waals surface area contributed by atoms with Crippen molar-refractivity contribution in [2.45, 2.75) is 36.7 Å². The molecule has 0 aromatic heterocycles. The molecule has 154 valence electrons. The van der Waals surface area contributed by atoms with Crippen LogP contribution in [0.5, 0.6) is 5.75 Å². The number of amides is 2. The van der Waals surface area contributed by atoms with Gasteiger partial charge in [-0.1, -0.05) is 30.3 Å². The van der Waals surface area contributed by atoms with Crippen molar-refractivity contribution in [2.24, 2.45) is 0 Å². The summed E-state index contributed by atoms with van der Waals surface area (Å²) in [7, 11) is 1.60. The van der Waals surface area contributed by atoms with E-state index in [0.29, 0.717) is 17.9 Å². The van der Waals surface area contributed by atoms with Crippen molar-refractivity contribution < 1.29 is 18.7 Å². The molecule has 1 saturated heterocycles. The van der Waals surface area contributed by atoms with E-state index < -0.39 is 0 Å². The summed E-state index contributed by atoms with van der Waals surface area (Å²) in [6.45, 7) is 0.389. The lowest BCUT2D eigenvalue weighted by Crippen LogP contribution is -2.55. The van der Waals surface area contributed by atoms with Crippen LogP contribution in [-0.4, -0.2) is 30.5 Å². The van der Waals surface area contributed by atoms with Gasteiger partial charge in [-0.3, -0.25) is 14.9 Å². The quantitative estimate of drug-likeness (QED) is 0.615. The van der Waals surface area contributed by atoms with Crippen molar-refractivity contribution in [1.82, 2.24) is 16.0 Å². The van der Waals surface area contributed by atoms with E-state index in [-0.39, 0.29) is 42.0 Å². The van der Waals surface area contributed by atoms with Crippen LogP contribution in [0.2, 0.25) is 0 Å². The minimum absolute atomic E-state index is 0.125. The average molecular weight is 418 g/mol. The summed E-state index contributed by atoms with van der Waals surface area (Å²) in [6.07, 6.45) is 0.414. The largest absolute Gasteiger partial charge is 0.497 e. The van der Waals surface area contributed by atoms with Crippen molar-refractivity contribution >= 4 is 23.6 Å². The summed E-state index contributed by atoms with van der Waals surface area (Å²) in [5.74, 6) is 0.616. The first kappa shape index (κ1) is 21.1. The molecule has 2 amide bonds. The number of rotatable bonds is 8. The Morgan fingerprint density at radius 3 is 2.90 bits per heavy atom. The third-order valence-corrected chi connectivity index (χ3v) is 5.59. The first-order chi connectivity index (χ1) is 14.0. The molecule has 3 N–H and O–H groups in total. The first-order valence-electron chi connectivity index (χ1n) is 9.33. The van der Waals surface area contributed by atoms with Gasteiger partial charge in [0.2, 0.25) is 11.8 Å². The molecule has 2 unspecified atom stereocenters. The van der Waals surface area contributed by atoms with Crippen molar-refractivity contribution in [3.63, 3.8) is 0 Å². The fourth-order valence-electron chi connectivity index (χ4n) is 3.03. The number of carbonyl (C=O) groups is 2. The summed E-state index contributed by atoms with van der Waals surface area (Å²) in [5.41, 5.74) is 1.14. The highest BCUT2D eigenvalue weighted by molar-refractivity contribution is 7.99. The highest BCUT2D eigenvalue weighted by Gasteiger charge is 2.27. The van der Waals surface area contributed by atoms with Gasteiger partial charge in [-0.25, -0.2) is 4.39 Å². The number of methoxy groups -OCH3 is 1. The van der Waals surface area contributed by atoms with Crippen molar-refractivity contribution in [3.05, 3.63) is 65.5 Å². The molecule has 6 nitrogen and oxygen atoms in total. The molecule has 0 radical (unpaired) electrons. The van der Waals surface area contributed by atoms with Gasteiger partial charge in [-0.15, -0.1) is 11.8 Å². The number of thioether (sulfide) groups is 1. The molecular weight excluding hydrogens is 393 g/mol. The second-order valence-electron chi connectivity index (χ2n) is 6.75. The molecule has 1 aliphatic rings. The Morgan fingerprint density at radius 1 is 1.28 bits per heavy atom. The number of halogens is 1. The third kappa shape index (κ3) is 6.47. The molecule has 1 fully saturated rings. The van der Waals surface area contributed by atoms with Gasteiger partial charge in [0.15, 0.2) is 0 Å². The number of carbonyl (C=O) groups excluding carboxylic acids is 2. The van der Waals surface area contributed by atoms with E-state index >= 15 is 0 Å². The first-order valence-corrected chi connectivity index (χ1v) is 10.4. The molecule has 0 spiro atoms. The Bertz CT molecular complexity index is 865. The molecule has 2 atom stereocenters. The average Bonchev–Trinajstić information content (AvgIpc) is 2.71. The maximum Gasteiger partial charge on any atom is 0.223 e. The standard InChI is InChI=1S/C21H24FN3O3S/c1-28-17-7-4-5-14(9-17)12-23-19(26)10-16-11-20(27)25-21(24-16)29-13-15-6-2-3-8-18(15)22/h2-9,16,21,24H,10-13H2,1H3,(H,23,26)(H,25,27). The summed E-state index contributed by atoms with van der Waals surface area (Å²) in [4.78, 5) is 24.3. The molecule has 2 aromatic carbocycles. The third-order valence-electron chi connectivity index (χ3n) is 4.53. The lowest BCUT2D eigenvalue weighted by molar-refractivity contribution is -0.125. The molecular formula is C21H24FN3O3S. The molecule has 2 aromatic rings. The van der Waals surface area contributed by atoms with Crippen molar-refractivity contribution in [1.29, 1.82) is 0 Å². The van der Waals surface area contributed by atoms with Gasteiger partial charge < -0.3 is 15.4 Å². The van der Waals surface area contributed by atoms with E-state index in [2.05, 4.69) is 16.0 Å². The fourth-order valence-corrected chi connectivity index (χ4v) is 4.12. The zero-order chi connectivity index (χ0) is 20.6. The molecule has 0 aliphatic carbocycles. The SMILES string of the molecule is COc1cccc(CNC(=O)CC2CC(=O)NC(SCc3ccccc3F)N2)c1. The Labute approximate surface area is 173 Å². The van der Waals surface area contributed by atoms with Gasteiger partial charge in [-0.05, 0) is 29.3 Å². The maximum absolute atomic E-state index is 13.8. The van der Waals surface area contributed by atoms with Crippen LogP contribution in [0, 0.1) is 5.82 Å². The van der Waals surface area contributed by atoms with E-state index in [9.17, 15) is 14.0 Å². The second-order valence-corrected chi connectivity index (χ2v) is 7.84. The Balaban J connectivity index is 1.47.